The third-order valence-electron chi connectivity index (χ3n) is 0.916. The maximum Gasteiger partial charge on any atom is 0.133 e. The molecule has 0 aromatic rings. The van der Waals surface area contributed by atoms with Gasteiger partial charge in [-0.05, 0) is 12.8 Å². The van der Waals surface area contributed by atoms with Gasteiger partial charge in [0.25, 0.3) is 0 Å². The highest BCUT2D eigenvalue weighted by molar-refractivity contribution is 6.22. The van der Waals surface area contributed by atoms with Crippen LogP contribution in [0, 0.1) is 0 Å². The number of rotatable bonds is 0. The van der Waals surface area contributed by atoms with E-state index in [-0.39, 0.29) is 11.1 Å². The summed E-state index contributed by atoms with van der Waals surface area (Å²) in [5.74, 6) is 0. The average molecular weight is 141 g/mol. The minimum Gasteiger partial charge on any atom is -0.344 e. The van der Waals surface area contributed by atoms with Crippen LogP contribution in [0.15, 0.2) is 0 Å². The van der Waals surface area contributed by atoms with Crippen molar-refractivity contribution < 1.29 is 4.74 Å². The van der Waals surface area contributed by atoms with Crippen LogP contribution in [-0.2, 0) is 4.74 Å². The first-order chi connectivity index (χ1) is 3.29. The largest absolute Gasteiger partial charge is 0.344 e. The first kappa shape index (κ1) is 5.67. The van der Waals surface area contributed by atoms with Gasteiger partial charge in [-0.1, -0.05) is 23.2 Å². The Morgan fingerprint density at radius 3 is 1.71 bits per heavy atom. The number of hydrogen-bond donors (Lipinski definition) is 0. The van der Waals surface area contributed by atoms with Crippen LogP contribution in [0.4, 0.5) is 0 Å². The van der Waals surface area contributed by atoms with E-state index in [0.29, 0.717) is 0 Å². The van der Waals surface area contributed by atoms with Gasteiger partial charge in [-0.3, -0.25) is 0 Å². The number of alkyl halides is 2. The molecular weight excluding hydrogens is 135 g/mol. The predicted octanol–water partition coefficient (Wildman–Crippen LogP) is 1.93. The Morgan fingerprint density at radius 1 is 1.14 bits per heavy atom. The fourth-order valence-corrected chi connectivity index (χ4v) is 1.11. The highest BCUT2D eigenvalue weighted by Crippen LogP contribution is 2.24. The van der Waals surface area contributed by atoms with Crippen molar-refractivity contribution in [3.05, 3.63) is 0 Å². The smallest absolute Gasteiger partial charge is 0.133 e. The maximum atomic E-state index is 5.50. The van der Waals surface area contributed by atoms with E-state index in [2.05, 4.69) is 0 Å². The van der Waals surface area contributed by atoms with Crippen LogP contribution in [0.2, 0.25) is 0 Å². The summed E-state index contributed by atoms with van der Waals surface area (Å²) in [7, 11) is 0. The summed E-state index contributed by atoms with van der Waals surface area (Å²) in [4.78, 5) is 0. The van der Waals surface area contributed by atoms with Gasteiger partial charge in [-0.15, -0.1) is 0 Å². The molecule has 2 atom stereocenters. The Morgan fingerprint density at radius 2 is 1.57 bits per heavy atom. The predicted molar refractivity (Wildman–Crippen MR) is 29.6 cm³/mol. The fourth-order valence-electron chi connectivity index (χ4n) is 0.558. The number of hydrogen-bond acceptors (Lipinski definition) is 1. The normalized spacial score (nSPS) is 42.0. The molecule has 0 saturated carbocycles. The monoisotopic (exact) mass is 140 g/mol. The summed E-state index contributed by atoms with van der Waals surface area (Å²) < 4.78 is 4.89. The first-order valence-electron chi connectivity index (χ1n) is 2.22. The van der Waals surface area contributed by atoms with Crippen LogP contribution in [0.3, 0.4) is 0 Å². The van der Waals surface area contributed by atoms with E-state index in [4.69, 9.17) is 27.9 Å². The van der Waals surface area contributed by atoms with Gasteiger partial charge in [-0.2, -0.15) is 0 Å². The Labute approximate surface area is 52.5 Å². The molecule has 2 unspecified atom stereocenters. The third kappa shape index (κ3) is 1.48. The zero-order chi connectivity index (χ0) is 5.28. The van der Waals surface area contributed by atoms with Crippen molar-refractivity contribution in [2.45, 2.75) is 24.0 Å². The van der Waals surface area contributed by atoms with Gasteiger partial charge < -0.3 is 4.74 Å². The molecule has 1 fully saturated rings. The molecule has 1 heterocycles. The van der Waals surface area contributed by atoms with Gasteiger partial charge in [0.05, 0.1) is 0 Å². The second-order valence-corrected chi connectivity index (χ2v) is 2.51. The van der Waals surface area contributed by atoms with Crippen LogP contribution in [0.5, 0.6) is 0 Å². The van der Waals surface area contributed by atoms with E-state index < -0.39 is 0 Å². The van der Waals surface area contributed by atoms with Gasteiger partial charge in [-0.25, -0.2) is 0 Å². The van der Waals surface area contributed by atoms with Crippen LogP contribution in [0.1, 0.15) is 12.8 Å². The zero-order valence-corrected chi connectivity index (χ0v) is 5.24. The zero-order valence-electron chi connectivity index (χ0n) is 3.73. The first-order valence-corrected chi connectivity index (χ1v) is 3.10. The lowest BCUT2D eigenvalue weighted by Crippen LogP contribution is -1.96. The van der Waals surface area contributed by atoms with Crippen LogP contribution in [0.25, 0.3) is 0 Å². The highest BCUT2D eigenvalue weighted by atomic mass is 35.5. The lowest BCUT2D eigenvalue weighted by Gasteiger charge is -1.97. The second-order valence-electron chi connectivity index (χ2n) is 1.53. The van der Waals surface area contributed by atoms with Crippen LogP contribution >= 0.6 is 23.2 Å². The SMILES string of the molecule is ClC1CCC(Cl)O1. The molecule has 1 aliphatic heterocycles. The lowest BCUT2D eigenvalue weighted by atomic mass is 10.4. The minimum absolute atomic E-state index is 0.137. The van der Waals surface area contributed by atoms with E-state index in [1.54, 1.807) is 0 Å². The van der Waals surface area contributed by atoms with Crippen molar-refractivity contribution in [2.24, 2.45) is 0 Å². The fraction of sp³-hybridized carbons (Fsp3) is 1.00. The van der Waals surface area contributed by atoms with E-state index in [1.165, 1.54) is 0 Å². The third-order valence-corrected chi connectivity index (χ3v) is 1.56. The summed E-state index contributed by atoms with van der Waals surface area (Å²) in [6.45, 7) is 0. The summed E-state index contributed by atoms with van der Waals surface area (Å²) in [5.41, 5.74) is -0.273. The molecule has 3 heteroatoms. The second kappa shape index (κ2) is 2.21. The highest BCUT2D eigenvalue weighted by Gasteiger charge is 2.20. The molecule has 1 rings (SSSR count). The van der Waals surface area contributed by atoms with Crippen molar-refractivity contribution in [2.75, 3.05) is 0 Å². The van der Waals surface area contributed by atoms with Crippen LogP contribution in [-0.4, -0.2) is 11.1 Å². The van der Waals surface area contributed by atoms with Crippen molar-refractivity contribution in [1.29, 1.82) is 0 Å². The lowest BCUT2D eigenvalue weighted by molar-refractivity contribution is 0.141. The molecule has 1 aliphatic rings. The average Bonchev–Trinajstić information content (AvgIpc) is 1.87. The molecule has 1 nitrogen and oxygen atoms in total. The summed E-state index contributed by atoms with van der Waals surface area (Å²) in [6.07, 6.45) is 1.77. The summed E-state index contributed by atoms with van der Waals surface area (Å²) in [5, 5.41) is 0. The summed E-state index contributed by atoms with van der Waals surface area (Å²) >= 11 is 11.0. The molecule has 0 amide bonds. The maximum absolute atomic E-state index is 5.50. The molecule has 1 saturated heterocycles. The van der Waals surface area contributed by atoms with E-state index in [1.807, 2.05) is 0 Å². The molecule has 0 bridgehead atoms. The Hall–Kier alpha value is 0.540. The molecule has 0 spiro atoms. The molecule has 0 radical (unpaired) electrons. The molecule has 0 aliphatic carbocycles. The quantitative estimate of drug-likeness (QED) is 0.468. The van der Waals surface area contributed by atoms with Gasteiger partial charge >= 0.3 is 0 Å². The van der Waals surface area contributed by atoms with Gasteiger partial charge in [0.2, 0.25) is 0 Å². The Bertz CT molecular complexity index is 58.7. The van der Waals surface area contributed by atoms with Gasteiger partial charge in [0, 0.05) is 0 Å². The molecule has 7 heavy (non-hydrogen) atoms. The van der Waals surface area contributed by atoms with E-state index >= 15 is 0 Å². The minimum atomic E-state index is -0.137. The van der Waals surface area contributed by atoms with Gasteiger partial charge in [0.15, 0.2) is 0 Å². The van der Waals surface area contributed by atoms with E-state index in [0.717, 1.165) is 12.8 Å². The number of ether oxygens (including phenoxy) is 1. The Balaban J connectivity index is 2.26. The Kier molecular flexibility index (Phi) is 1.79. The molecule has 0 aromatic carbocycles. The van der Waals surface area contributed by atoms with Crippen molar-refractivity contribution in [1.82, 2.24) is 0 Å². The van der Waals surface area contributed by atoms with Crippen molar-refractivity contribution >= 4 is 23.2 Å². The van der Waals surface area contributed by atoms with Gasteiger partial charge in [0.1, 0.15) is 11.1 Å². The van der Waals surface area contributed by atoms with Crippen LogP contribution < -0.4 is 0 Å². The molecule has 42 valence electrons. The van der Waals surface area contributed by atoms with Crippen molar-refractivity contribution in [3.8, 4) is 0 Å². The number of halogens is 2. The summed E-state index contributed by atoms with van der Waals surface area (Å²) in [6, 6.07) is 0. The molecule has 0 aromatic heterocycles. The molecule has 0 N–H and O–H groups in total. The molecular formula is C4H6Cl2O. The topological polar surface area (TPSA) is 9.23 Å². The van der Waals surface area contributed by atoms with Crippen molar-refractivity contribution in [3.63, 3.8) is 0 Å². The standard InChI is InChI=1S/C4H6Cl2O/c5-3-1-2-4(6)7-3/h3-4H,1-2H2. The van der Waals surface area contributed by atoms with E-state index in [9.17, 15) is 0 Å².